The van der Waals surface area contributed by atoms with Crippen molar-refractivity contribution in [1.82, 2.24) is 0 Å². The Morgan fingerprint density at radius 3 is 2.20 bits per heavy atom. The molecule has 0 aromatic carbocycles. The molecule has 62 valence electrons. The van der Waals surface area contributed by atoms with Crippen LogP contribution < -0.4 is 5.73 Å². The summed E-state index contributed by atoms with van der Waals surface area (Å²) in [5.41, 5.74) is 5.61. The fourth-order valence-corrected chi connectivity index (χ4v) is 1.39. The van der Waals surface area contributed by atoms with Crippen molar-refractivity contribution >= 4 is 12.4 Å². The third kappa shape index (κ3) is 1.84. The Kier molecular flexibility index (Phi) is 4.25. The zero-order valence-electron chi connectivity index (χ0n) is 6.43. The second kappa shape index (κ2) is 4.16. The summed E-state index contributed by atoms with van der Waals surface area (Å²) in [6.07, 6.45) is 4.76. The molecule has 0 amide bonds. The lowest BCUT2D eigenvalue weighted by atomic mass is 9.77. The molecule has 0 radical (unpaired) electrons. The van der Waals surface area contributed by atoms with E-state index in [9.17, 15) is 0 Å². The van der Waals surface area contributed by atoms with E-state index in [4.69, 9.17) is 10.5 Å². The summed E-state index contributed by atoms with van der Waals surface area (Å²) in [7, 11) is 1.79. The topological polar surface area (TPSA) is 35.2 Å². The highest BCUT2D eigenvalue weighted by molar-refractivity contribution is 5.85. The summed E-state index contributed by atoms with van der Waals surface area (Å²) in [6.45, 7) is 0.758. The van der Waals surface area contributed by atoms with Crippen molar-refractivity contribution in [2.24, 2.45) is 5.73 Å². The Bertz CT molecular complexity index is 88.1. The number of hydrogen-bond donors (Lipinski definition) is 1. The van der Waals surface area contributed by atoms with Gasteiger partial charge in [0.15, 0.2) is 0 Å². The van der Waals surface area contributed by atoms with Crippen LogP contribution in [0, 0.1) is 0 Å². The smallest absolute Gasteiger partial charge is 0.0690 e. The second-order valence-corrected chi connectivity index (χ2v) is 2.78. The number of methoxy groups -OCH3 is 1. The maximum Gasteiger partial charge on any atom is 0.0690 e. The van der Waals surface area contributed by atoms with Crippen molar-refractivity contribution in [3.8, 4) is 0 Å². The molecule has 2 nitrogen and oxygen atoms in total. The van der Waals surface area contributed by atoms with Crippen molar-refractivity contribution < 1.29 is 4.74 Å². The number of ether oxygens (including phenoxy) is 1. The average Bonchev–Trinajstić information content (AvgIpc) is 1.79. The summed E-state index contributed by atoms with van der Waals surface area (Å²) in [4.78, 5) is 0. The van der Waals surface area contributed by atoms with Crippen molar-refractivity contribution in [1.29, 1.82) is 0 Å². The highest BCUT2D eigenvalue weighted by Gasteiger charge is 2.35. The van der Waals surface area contributed by atoms with Crippen molar-refractivity contribution in [3.05, 3.63) is 0 Å². The first-order valence-corrected chi connectivity index (χ1v) is 3.58. The highest BCUT2D eigenvalue weighted by Crippen LogP contribution is 2.37. The van der Waals surface area contributed by atoms with E-state index in [1.807, 2.05) is 0 Å². The van der Waals surface area contributed by atoms with E-state index in [1.165, 1.54) is 19.3 Å². The van der Waals surface area contributed by atoms with Gasteiger partial charge in [0.05, 0.1) is 5.60 Å². The first-order valence-electron chi connectivity index (χ1n) is 3.58. The number of rotatable bonds is 3. The van der Waals surface area contributed by atoms with Crippen LogP contribution in [0.4, 0.5) is 0 Å². The number of halogens is 1. The summed E-state index contributed by atoms with van der Waals surface area (Å²) in [5, 5.41) is 0. The lowest BCUT2D eigenvalue weighted by Gasteiger charge is -2.40. The van der Waals surface area contributed by atoms with Gasteiger partial charge in [0, 0.05) is 7.11 Å². The quantitative estimate of drug-likeness (QED) is 0.685. The maximum absolute atomic E-state index is 5.42. The average molecular weight is 166 g/mol. The van der Waals surface area contributed by atoms with Crippen LogP contribution in [-0.2, 0) is 4.74 Å². The SMILES string of the molecule is COC1(CCN)CCC1.Cl. The van der Waals surface area contributed by atoms with Crippen LogP contribution in [0.15, 0.2) is 0 Å². The predicted molar refractivity (Wildman–Crippen MR) is 44.5 cm³/mol. The molecule has 0 unspecified atom stereocenters. The second-order valence-electron chi connectivity index (χ2n) is 2.78. The minimum atomic E-state index is 0. The van der Waals surface area contributed by atoms with E-state index in [1.54, 1.807) is 7.11 Å². The maximum atomic E-state index is 5.42. The van der Waals surface area contributed by atoms with Gasteiger partial charge in [0.1, 0.15) is 0 Å². The fourth-order valence-electron chi connectivity index (χ4n) is 1.39. The third-order valence-electron chi connectivity index (χ3n) is 2.30. The van der Waals surface area contributed by atoms with Gasteiger partial charge in [-0.2, -0.15) is 0 Å². The molecule has 0 aromatic heterocycles. The predicted octanol–water partition coefficient (Wildman–Crippen LogP) is 1.33. The summed E-state index contributed by atoms with van der Waals surface area (Å²) >= 11 is 0. The van der Waals surface area contributed by atoms with Crippen LogP contribution in [0.5, 0.6) is 0 Å². The molecule has 1 aliphatic carbocycles. The van der Waals surface area contributed by atoms with E-state index in [-0.39, 0.29) is 18.0 Å². The lowest BCUT2D eigenvalue weighted by Crippen LogP contribution is -2.40. The van der Waals surface area contributed by atoms with Crippen molar-refractivity contribution in [2.45, 2.75) is 31.3 Å². The molecule has 0 bridgehead atoms. The van der Waals surface area contributed by atoms with E-state index in [0.29, 0.717) is 0 Å². The molecule has 1 saturated carbocycles. The van der Waals surface area contributed by atoms with Crippen LogP contribution in [0.3, 0.4) is 0 Å². The summed E-state index contributed by atoms with van der Waals surface area (Å²) < 4.78 is 5.33. The fraction of sp³-hybridized carbons (Fsp3) is 1.00. The van der Waals surface area contributed by atoms with Crippen molar-refractivity contribution in [3.63, 3.8) is 0 Å². The largest absolute Gasteiger partial charge is 0.378 e. The van der Waals surface area contributed by atoms with Crippen LogP contribution in [0.1, 0.15) is 25.7 Å². The minimum absolute atomic E-state index is 0. The van der Waals surface area contributed by atoms with Crippen LogP contribution in [-0.4, -0.2) is 19.3 Å². The standard InChI is InChI=1S/C7H15NO.ClH/c1-9-7(5-6-8)3-2-4-7;/h2-6,8H2,1H3;1H. The van der Waals surface area contributed by atoms with Crippen LogP contribution in [0.25, 0.3) is 0 Å². The van der Waals surface area contributed by atoms with Gasteiger partial charge in [0.2, 0.25) is 0 Å². The zero-order chi connectivity index (χ0) is 6.74. The van der Waals surface area contributed by atoms with Gasteiger partial charge in [-0.1, -0.05) is 0 Å². The molecular formula is C7H16ClNO. The van der Waals surface area contributed by atoms with Gasteiger partial charge >= 0.3 is 0 Å². The molecule has 1 aliphatic rings. The van der Waals surface area contributed by atoms with E-state index >= 15 is 0 Å². The normalized spacial score (nSPS) is 21.0. The molecule has 1 fully saturated rings. The monoisotopic (exact) mass is 165 g/mol. The van der Waals surface area contributed by atoms with E-state index < -0.39 is 0 Å². The molecule has 1 rings (SSSR count). The Morgan fingerprint density at radius 2 is 2.10 bits per heavy atom. The molecule has 0 spiro atoms. The molecule has 0 heterocycles. The molecule has 3 heteroatoms. The Balaban J connectivity index is 0.000000810. The van der Waals surface area contributed by atoms with Gasteiger partial charge in [-0.25, -0.2) is 0 Å². The van der Waals surface area contributed by atoms with Gasteiger partial charge in [-0.15, -0.1) is 12.4 Å². The van der Waals surface area contributed by atoms with Gasteiger partial charge in [0.25, 0.3) is 0 Å². The lowest BCUT2D eigenvalue weighted by molar-refractivity contribution is -0.0755. The molecule has 10 heavy (non-hydrogen) atoms. The first kappa shape index (κ1) is 10.2. The first-order chi connectivity index (χ1) is 4.33. The van der Waals surface area contributed by atoms with Gasteiger partial charge in [-0.05, 0) is 32.2 Å². The molecule has 0 saturated heterocycles. The van der Waals surface area contributed by atoms with Gasteiger partial charge in [-0.3, -0.25) is 0 Å². The molecule has 0 aliphatic heterocycles. The molecule has 0 atom stereocenters. The van der Waals surface area contributed by atoms with Gasteiger partial charge < -0.3 is 10.5 Å². The summed E-state index contributed by atoms with van der Waals surface area (Å²) in [5.74, 6) is 0. The minimum Gasteiger partial charge on any atom is -0.378 e. The number of hydrogen-bond acceptors (Lipinski definition) is 2. The van der Waals surface area contributed by atoms with E-state index in [2.05, 4.69) is 0 Å². The zero-order valence-corrected chi connectivity index (χ0v) is 7.25. The summed E-state index contributed by atoms with van der Waals surface area (Å²) in [6, 6.07) is 0. The molecule has 2 N–H and O–H groups in total. The highest BCUT2D eigenvalue weighted by atomic mass is 35.5. The third-order valence-corrected chi connectivity index (χ3v) is 2.30. The Morgan fingerprint density at radius 1 is 1.50 bits per heavy atom. The van der Waals surface area contributed by atoms with Crippen LogP contribution in [0.2, 0.25) is 0 Å². The van der Waals surface area contributed by atoms with Crippen LogP contribution >= 0.6 is 12.4 Å². The molecular weight excluding hydrogens is 150 g/mol. The molecule has 0 aromatic rings. The Hall–Kier alpha value is 0.210. The number of nitrogens with two attached hydrogens (primary N) is 1. The Labute approximate surface area is 68.5 Å². The van der Waals surface area contributed by atoms with Crippen molar-refractivity contribution in [2.75, 3.05) is 13.7 Å². The van der Waals surface area contributed by atoms with E-state index in [0.717, 1.165) is 13.0 Å².